The minimum Gasteiger partial charge on any atom is -0.756 e. The van der Waals surface area contributed by atoms with Gasteiger partial charge in [-0.05, 0) is 73.6 Å². The van der Waals surface area contributed by atoms with Crippen LogP contribution in [0.5, 0.6) is 0 Å². The number of hydrogen-bond donors (Lipinski definition) is 8. The van der Waals surface area contributed by atoms with E-state index < -0.39 is 253 Å². The Morgan fingerprint density at radius 3 is 0.372 bits per heavy atom. The number of aliphatic hydroxyl groups excluding tert-OH is 1. The Morgan fingerprint density at radius 1 is 0.182 bits per heavy atom. The molecule has 0 aromatic rings. The molecule has 0 aliphatic heterocycles. The summed E-state index contributed by atoms with van der Waals surface area (Å²) in [4.78, 5) is 221. The molecule has 0 saturated heterocycles. The van der Waals surface area contributed by atoms with Gasteiger partial charge in [0.15, 0.2) is 0 Å². The summed E-state index contributed by atoms with van der Waals surface area (Å²) in [6.07, 6.45) is 0.811. The molecule has 0 aromatic heterocycles. The van der Waals surface area contributed by atoms with Gasteiger partial charge >= 0.3 is 0 Å². The van der Waals surface area contributed by atoms with Gasteiger partial charge in [-0.2, -0.15) is 0 Å². The summed E-state index contributed by atoms with van der Waals surface area (Å²) >= 11 is 0. The quantitative estimate of drug-likeness (QED) is 0.0216. The highest BCUT2D eigenvalue weighted by Gasteiger charge is 2.24. The van der Waals surface area contributed by atoms with E-state index in [-0.39, 0.29) is 78.5 Å². The molecule has 0 heterocycles. The highest BCUT2D eigenvalue weighted by Crippen LogP contribution is 2.48. The van der Waals surface area contributed by atoms with Crippen LogP contribution in [0.25, 0.3) is 0 Å². The van der Waals surface area contributed by atoms with Crippen molar-refractivity contribution in [3.8, 4) is 0 Å². The van der Waals surface area contributed by atoms with Crippen LogP contribution in [0.2, 0.25) is 0 Å². The molecule has 740 valence electrons. The molecule has 61 nitrogen and oxygen atoms in total. The van der Waals surface area contributed by atoms with Crippen LogP contribution < -0.4 is 73.4 Å². The molecule has 76 heteroatoms. The van der Waals surface area contributed by atoms with E-state index in [0.717, 1.165) is 0 Å². The smallest absolute Gasteiger partial charge is 0.267 e. The molecule has 8 N–H and O–H groups in total. The van der Waals surface area contributed by atoms with E-state index in [1.807, 2.05) is 0 Å². The molecule has 0 radical (unpaired) electrons. The van der Waals surface area contributed by atoms with Crippen LogP contribution in [0, 0.1) is 29.6 Å². The molecule has 0 aliphatic carbocycles. The van der Waals surface area contributed by atoms with Gasteiger partial charge in [0.2, 0.25) is 0 Å². The third-order valence-electron chi connectivity index (χ3n) is 11.4. The molecular formula is C45H104O61P15-15. The van der Waals surface area contributed by atoms with Gasteiger partial charge in [0.1, 0.15) is 0 Å². The number of hydrogen-bond acceptors (Lipinski definition) is 54. The van der Waals surface area contributed by atoms with E-state index in [1.165, 1.54) is 69.2 Å². The van der Waals surface area contributed by atoms with Crippen LogP contribution in [0.1, 0.15) is 108 Å². The molecular weight excluding hydrogens is 1980 g/mol. The zero-order chi connectivity index (χ0) is 96.2. The lowest BCUT2D eigenvalue weighted by atomic mass is 10.1. The highest BCUT2D eigenvalue weighted by molar-refractivity contribution is 7.49. The predicted molar refractivity (Wildman–Crippen MR) is 377 cm³/mol. The second-order valence-electron chi connectivity index (χ2n) is 21.2. The Morgan fingerprint density at radius 2 is 0.289 bits per heavy atom. The normalized spacial score (nSPS) is 20.4. The zero-order valence-electron chi connectivity index (χ0n) is 66.3. The average molecular weight is 2090 g/mol. The first-order valence-corrected chi connectivity index (χ1v) is 56.1. The molecule has 0 rings (SSSR count). The standard InChI is InChI=1S/C33H77O37P9.6C2H7O4P/c1-6-29(19-34)20-63-72(38,39)54-11-12-56-74(42,43)65-23-31(8-3)24-67-76(46,47)58-15-16-60-78(50,51)69-27-33(10-5)28-70-79(52,53)61-18-17-59-77(48,49)68-26-32(9-4)25-66-75(44,45)57-14-13-55-73(40,41)64-22-30(7-2)21-62-71(35,36)37;6*1-2-6-7(3,4)5/h29-34H,6-28H2,1-5H3,(H,38,39)(H,40,41)(H,42,43)(H,44,45)(H,46,47)(H,48,49)(H,50,51)(H,52,53)(H2,35,36,37);6*2H2,1H3,(H2,3,4,5)/p-15. The Kier molecular flexibility index (Phi) is 78.8. The van der Waals surface area contributed by atoms with Gasteiger partial charge in [-0.1, -0.05) is 34.6 Å². The summed E-state index contributed by atoms with van der Waals surface area (Å²) in [6.45, 7) is 3.32. The molecule has 0 bridgehead atoms. The molecule has 0 aromatic carbocycles. The Hall–Kier alpha value is 1.61. The Balaban J connectivity index is -0.000000495. The van der Waals surface area contributed by atoms with Gasteiger partial charge in [0.05, 0.1) is 152 Å². The fraction of sp³-hybridized carbons (Fsp3) is 1.00. The van der Waals surface area contributed by atoms with E-state index in [0.29, 0.717) is 6.42 Å². The molecule has 0 fully saturated rings. The first-order valence-electron chi connectivity index (χ1n) is 33.9. The fourth-order valence-electron chi connectivity index (χ4n) is 5.68. The van der Waals surface area contributed by atoms with Gasteiger partial charge in [0.25, 0.3) is 117 Å². The van der Waals surface area contributed by atoms with Crippen molar-refractivity contribution in [2.45, 2.75) is 108 Å². The molecule has 121 heavy (non-hydrogen) atoms. The summed E-state index contributed by atoms with van der Waals surface area (Å²) in [5.41, 5.74) is 0. The maximum absolute atomic E-state index is 12.3. The van der Waals surface area contributed by atoms with Gasteiger partial charge in [0, 0.05) is 36.2 Å². The van der Waals surface area contributed by atoms with E-state index >= 15 is 0 Å². The van der Waals surface area contributed by atoms with E-state index in [9.17, 15) is 142 Å². The lowest BCUT2D eigenvalue weighted by Gasteiger charge is -2.29. The van der Waals surface area contributed by atoms with Crippen molar-refractivity contribution >= 4 is 117 Å². The van der Waals surface area contributed by atoms with Crippen LogP contribution in [-0.2, 0) is 173 Å². The largest absolute Gasteiger partial charge is 0.756 e. The summed E-state index contributed by atoms with van der Waals surface area (Å²) in [5, 5.41) is 9.10. The fourth-order valence-corrected chi connectivity index (χ4v) is 14.2. The van der Waals surface area contributed by atoms with E-state index in [4.69, 9.17) is 52.9 Å². The van der Waals surface area contributed by atoms with Crippen LogP contribution in [0.4, 0.5) is 0 Å². The van der Waals surface area contributed by atoms with Gasteiger partial charge in [-0.25, -0.2) is 0 Å². The lowest BCUT2D eigenvalue weighted by molar-refractivity contribution is -0.237. The third kappa shape index (κ3) is 107. The highest BCUT2D eigenvalue weighted by atomic mass is 31.2. The van der Waals surface area contributed by atoms with Crippen LogP contribution >= 0.6 is 117 Å². The second kappa shape index (κ2) is 70.3. The Bertz CT molecular complexity index is 3220. The van der Waals surface area contributed by atoms with Crippen molar-refractivity contribution in [3.05, 3.63) is 0 Å². The maximum Gasteiger partial charge on any atom is 0.267 e. The van der Waals surface area contributed by atoms with Crippen molar-refractivity contribution in [1.82, 2.24) is 0 Å². The molecule has 20 unspecified atom stereocenters. The van der Waals surface area contributed by atoms with Crippen molar-refractivity contribution in [3.63, 3.8) is 0 Å². The summed E-state index contributed by atoms with van der Waals surface area (Å²) in [7, 11) is -72.3. The number of phosphoric ester groups is 15. The molecule has 0 aliphatic rings. The van der Waals surface area contributed by atoms with E-state index in [2.05, 4.69) is 90.5 Å². The zero-order valence-corrected chi connectivity index (χ0v) is 79.7. The summed E-state index contributed by atoms with van der Waals surface area (Å²) in [6, 6.07) is 0. The monoisotopic (exact) mass is 2090 g/mol. The minimum atomic E-state index is -5.19. The van der Waals surface area contributed by atoms with Crippen LogP contribution in [0.3, 0.4) is 0 Å². The van der Waals surface area contributed by atoms with Crippen LogP contribution in [-0.4, -0.2) is 198 Å². The third-order valence-corrected chi connectivity index (χ3v) is 23.1. The van der Waals surface area contributed by atoms with Crippen molar-refractivity contribution in [2.24, 2.45) is 29.6 Å². The molecule has 20 atom stereocenters. The van der Waals surface area contributed by atoms with Crippen LogP contribution in [0.15, 0.2) is 0 Å². The van der Waals surface area contributed by atoms with Gasteiger partial charge in [-0.15, -0.1) is 0 Å². The Labute approximate surface area is 696 Å². The molecule has 0 amide bonds. The minimum absolute atomic E-state index is 0.0166. The SMILES string of the molecule is CCC(CO)COP(=O)([O-])OCCOP(=O)([O-])OCC(CC)COP(=O)([O-])OCCOP(=O)([O-])OCC(CC)COP(=O)([O-])OCCOP(=O)([O-])OCC(CC)COP(=O)([O-])OCCOP(=O)([O-])OCC(CC)COP(=O)([O-])O.CCOP(=O)([O-])O.CCOP(=O)([O-])O.CCOP(=O)([O-])O.CCOP(=O)([O-])O.CCOP(=O)([O-])O.CCOP(=O)([O-])O. The van der Waals surface area contributed by atoms with Crippen molar-refractivity contribution in [1.29, 1.82) is 0 Å². The lowest BCUT2D eigenvalue weighted by Crippen LogP contribution is -2.22. The first-order chi connectivity index (χ1) is 54.7. The van der Waals surface area contributed by atoms with Gasteiger partial charge in [-0.3, -0.25) is 68.5 Å². The molecule has 0 saturated carbocycles. The second-order valence-corrected chi connectivity index (χ2v) is 40.9. The topological polar surface area (TPSA) is 976 Å². The maximum atomic E-state index is 12.3. The van der Waals surface area contributed by atoms with Gasteiger partial charge < -0.3 is 217 Å². The predicted octanol–water partition coefficient (Wildman–Crippen LogP) is -3.50. The van der Waals surface area contributed by atoms with Crippen molar-refractivity contribution in [2.75, 3.05) is 159 Å². The summed E-state index contributed by atoms with van der Waals surface area (Å²) in [5.74, 6) is -4.04. The number of aliphatic hydroxyl groups is 1. The number of phosphoric acid groups is 15. The van der Waals surface area contributed by atoms with E-state index in [1.54, 1.807) is 6.92 Å². The first kappa shape index (κ1) is 136. The van der Waals surface area contributed by atoms with Crippen molar-refractivity contribution < 1.29 is 285 Å². The average Bonchev–Trinajstić information content (AvgIpc) is 0.901. The summed E-state index contributed by atoms with van der Waals surface area (Å²) < 4.78 is 265. The molecule has 0 spiro atoms. The number of rotatable bonds is 65.